The van der Waals surface area contributed by atoms with Crippen LogP contribution in [0.2, 0.25) is 5.02 Å². The van der Waals surface area contributed by atoms with E-state index in [2.05, 4.69) is 21.2 Å². The Bertz CT molecular complexity index is 882. The fourth-order valence-electron chi connectivity index (χ4n) is 3.63. The molecule has 8 heteroatoms. The van der Waals surface area contributed by atoms with Crippen LogP contribution in [-0.2, 0) is 6.18 Å². The Balaban J connectivity index is 1.97. The summed E-state index contributed by atoms with van der Waals surface area (Å²) in [6.45, 7) is 0. The summed E-state index contributed by atoms with van der Waals surface area (Å²) in [5.41, 5.74) is -1.86. The first-order valence-electron chi connectivity index (χ1n) is 8.76. The van der Waals surface area contributed by atoms with Gasteiger partial charge in [0.25, 0.3) is 5.91 Å². The van der Waals surface area contributed by atoms with E-state index in [1.54, 1.807) is 18.2 Å². The molecule has 0 bridgehead atoms. The molecule has 28 heavy (non-hydrogen) atoms. The van der Waals surface area contributed by atoms with Gasteiger partial charge in [0, 0.05) is 4.47 Å². The van der Waals surface area contributed by atoms with Crippen LogP contribution < -0.4 is 5.32 Å². The maximum absolute atomic E-state index is 13.1. The van der Waals surface area contributed by atoms with Gasteiger partial charge < -0.3 is 10.4 Å². The van der Waals surface area contributed by atoms with E-state index in [1.165, 1.54) is 6.07 Å². The summed E-state index contributed by atoms with van der Waals surface area (Å²) in [7, 11) is 0. The summed E-state index contributed by atoms with van der Waals surface area (Å²) < 4.78 is 40.1. The molecule has 0 saturated heterocycles. The molecule has 1 aliphatic rings. The van der Waals surface area contributed by atoms with Gasteiger partial charge in [-0.3, -0.25) is 4.79 Å². The summed E-state index contributed by atoms with van der Waals surface area (Å²) in [4.78, 5) is 12.8. The Morgan fingerprint density at radius 1 is 1.18 bits per heavy atom. The number of hydrogen-bond acceptors (Lipinski definition) is 2. The summed E-state index contributed by atoms with van der Waals surface area (Å²) in [5.74, 6) is -0.763. The van der Waals surface area contributed by atoms with Gasteiger partial charge in [0.05, 0.1) is 27.8 Å². The third-order valence-corrected chi connectivity index (χ3v) is 5.91. The number of amides is 1. The minimum Gasteiger partial charge on any atom is -0.387 e. The average molecular weight is 477 g/mol. The van der Waals surface area contributed by atoms with Gasteiger partial charge in [-0.2, -0.15) is 13.2 Å². The molecule has 0 unspecified atom stereocenters. The Hall–Kier alpha value is -1.57. The lowest BCUT2D eigenvalue weighted by molar-refractivity contribution is -0.137. The Labute approximate surface area is 174 Å². The topological polar surface area (TPSA) is 49.3 Å². The predicted molar refractivity (Wildman–Crippen MR) is 104 cm³/mol. The minimum absolute atomic E-state index is 0.280. The number of hydrogen-bond donors (Lipinski definition) is 2. The fraction of sp³-hybridized carbons (Fsp3) is 0.350. The second kappa shape index (κ2) is 8.05. The van der Waals surface area contributed by atoms with Gasteiger partial charge in [-0.05, 0) is 42.7 Å². The van der Waals surface area contributed by atoms with Crippen LogP contribution in [0.3, 0.4) is 0 Å². The normalized spacial score (nSPS) is 17.4. The maximum Gasteiger partial charge on any atom is 0.417 e. The predicted octanol–water partition coefficient (Wildman–Crippen LogP) is 5.90. The Kier molecular flexibility index (Phi) is 6.08. The molecule has 0 heterocycles. The third-order valence-electron chi connectivity index (χ3n) is 5.01. The monoisotopic (exact) mass is 475 g/mol. The van der Waals surface area contributed by atoms with Crippen molar-refractivity contribution in [2.24, 2.45) is 0 Å². The van der Waals surface area contributed by atoms with Crippen LogP contribution in [0.4, 0.5) is 13.2 Å². The molecule has 1 amide bonds. The quantitative estimate of drug-likeness (QED) is 0.577. The van der Waals surface area contributed by atoms with Crippen LogP contribution in [0, 0.1) is 0 Å². The summed E-state index contributed by atoms with van der Waals surface area (Å²) >= 11 is 9.26. The summed E-state index contributed by atoms with van der Waals surface area (Å²) in [5, 5.41) is 13.2. The molecule has 1 atom stereocenters. The number of rotatable bonds is 4. The standard InChI is InChI=1S/C20H18BrClF3NO2/c21-13-6-3-5-12(11-13)17(19(28)9-1-2-10-19)26-18(27)14-7-4-8-15(16(14)22)20(23,24)25/h3-8,11,17,28H,1-2,9-10H2,(H,26,27)/t17-/m0/s1. The zero-order valence-electron chi connectivity index (χ0n) is 14.7. The molecule has 0 aliphatic heterocycles. The number of alkyl halides is 3. The molecule has 1 saturated carbocycles. The third kappa shape index (κ3) is 4.36. The summed E-state index contributed by atoms with van der Waals surface area (Å²) in [6.07, 6.45) is -2.08. The number of carbonyl (C=O) groups excluding carboxylic acids is 1. The first kappa shape index (κ1) is 21.1. The van der Waals surface area contributed by atoms with E-state index in [4.69, 9.17) is 11.6 Å². The number of halogens is 5. The molecule has 2 aromatic rings. The number of nitrogens with one attached hydrogen (secondary N) is 1. The summed E-state index contributed by atoms with van der Waals surface area (Å²) in [6, 6.07) is 9.56. The lowest BCUT2D eigenvalue weighted by atomic mass is 9.86. The molecule has 0 aromatic heterocycles. The lowest BCUT2D eigenvalue weighted by Crippen LogP contribution is -2.44. The zero-order valence-corrected chi connectivity index (χ0v) is 17.0. The van der Waals surface area contributed by atoms with Crippen LogP contribution >= 0.6 is 27.5 Å². The maximum atomic E-state index is 13.1. The lowest BCUT2D eigenvalue weighted by Gasteiger charge is -2.34. The molecule has 2 N–H and O–H groups in total. The van der Waals surface area contributed by atoms with Gasteiger partial charge in [-0.15, -0.1) is 0 Å². The van der Waals surface area contributed by atoms with E-state index in [-0.39, 0.29) is 5.56 Å². The van der Waals surface area contributed by atoms with E-state index in [0.717, 1.165) is 29.4 Å². The molecular weight excluding hydrogens is 459 g/mol. The highest BCUT2D eigenvalue weighted by molar-refractivity contribution is 9.10. The molecule has 0 spiro atoms. The van der Waals surface area contributed by atoms with E-state index < -0.39 is 34.3 Å². The highest BCUT2D eigenvalue weighted by Crippen LogP contribution is 2.41. The van der Waals surface area contributed by atoms with Crippen molar-refractivity contribution in [3.63, 3.8) is 0 Å². The number of benzene rings is 2. The molecular formula is C20H18BrClF3NO2. The van der Waals surface area contributed by atoms with Crippen LogP contribution in [0.15, 0.2) is 46.9 Å². The van der Waals surface area contributed by atoms with Gasteiger partial charge >= 0.3 is 6.18 Å². The molecule has 3 rings (SSSR count). The molecule has 150 valence electrons. The van der Waals surface area contributed by atoms with Crippen molar-refractivity contribution < 1.29 is 23.1 Å². The van der Waals surface area contributed by atoms with Crippen molar-refractivity contribution in [3.05, 3.63) is 68.7 Å². The van der Waals surface area contributed by atoms with Crippen LogP contribution in [0.1, 0.15) is 53.2 Å². The molecule has 1 fully saturated rings. The molecule has 3 nitrogen and oxygen atoms in total. The van der Waals surface area contributed by atoms with Crippen LogP contribution in [-0.4, -0.2) is 16.6 Å². The Morgan fingerprint density at radius 2 is 1.82 bits per heavy atom. The molecule has 2 aromatic carbocycles. The fourth-order valence-corrected chi connectivity index (χ4v) is 4.36. The smallest absolute Gasteiger partial charge is 0.387 e. The Morgan fingerprint density at radius 3 is 2.43 bits per heavy atom. The van der Waals surface area contributed by atoms with Gasteiger partial charge in [0.15, 0.2) is 0 Å². The SMILES string of the molecule is O=C(N[C@@H](c1cccc(Br)c1)C1(O)CCCC1)c1cccc(C(F)(F)F)c1Cl. The van der Waals surface area contributed by atoms with Gasteiger partial charge in [0.1, 0.15) is 0 Å². The first-order chi connectivity index (χ1) is 13.1. The largest absolute Gasteiger partial charge is 0.417 e. The van der Waals surface area contributed by atoms with Gasteiger partial charge in [-0.1, -0.05) is 58.6 Å². The van der Waals surface area contributed by atoms with E-state index >= 15 is 0 Å². The van der Waals surface area contributed by atoms with Gasteiger partial charge in [0.2, 0.25) is 0 Å². The second-order valence-corrected chi connectivity index (χ2v) is 8.23. The molecule has 0 radical (unpaired) electrons. The van der Waals surface area contributed by atoms with Crippen LogP contribution in [0.5, 0.6) is 0 Å². The zero-order chi connectivity index (χ0) is 20.5. The highest BCUT2D eigenvalue weighted by Gasteiger charge is 2.42. The first-order valence-corrected chi connectivity index (χ1v) is 9.93. The number of aliphatic hydroxyl groups is 1. The van der Waals surface area contributed by atoms with Gasteiger partial charge in [-0.25, -0.2) is 0 Å². The van der Waals surface area contributed by atoms with Crippen LogP contribution in [0.25, 0.3) is 0 Å². The van der Waals surface area contributed by atoms with Crippen molar-refractivity contribution >= 4 is 33.4 Å². The highest BCUT2D eigenvalue weighted by atomic mass is 79.9. The molecule has 1 aliphatic carbocycles. The van der Waals surface area contributed by atoms with Crippen molar-refractivity contribution in [1.82, 2.24) is 5.32 Å². The minimum atomic E-state index is -4.67. The van der Waals surface area contributed by atoms with Crippen molar-refractivity contribution in [3.8, 4) is 0 Å². The average Bonchev–Trinajstić information content (AvgIpc) is 3.06. The van der Waals surface area contributed by atoms with Crippen molar-refractivity contribution in [2.75, 3.05) is 0 Å². The van der Waals surface area contributed by atoms with E-state index in [9.17, 15) is 23.1 Å². The van der Waals surface area contributed by atoms with E-state index in [0.29, 0.717) is 18.4 Å². The number of carbonyl (C=O) groups is 1. The van der Waals surface area contributed by atoms with Crippen molar-refractivity contribution in [1.29, 1.82) is 0 Å². The second-order valence-electron chi connectivity index (χ2n) is 6.94. The van der Waals surface area contributed by atoms with Crippen molar-refractivity contribution in [2.45, 2.75) is 43.5 Å². The van der Waals surface area contributed by atoms with E-state index in [1.807, 2.05) is 6.07 Å².